The van der Waals surface area contributed by atoms with Crippen molar-refractivity contribution < 1.29 is 14.6 Å². The molecule has 2 aromatic rings. The van der Waals surface area contributed by atoms with Crippen molar-refractivity contribution in [2.75, 3.05) is 13.7 Å². The number of aromatic hydroxyl groups is 1. The van der Waals surface area contributed by atoms with Crippen LogP contribution in [0.15, 0.2) is 55.2 Å². The van der Waals surface area contributed by atoms with E-state index in [0.29, 0.717) is 25.6 Å². The molecule has 1 fully saturated rings. The van der Waals surface area contributed by atoms with E-state index in [1.54, 1.807) is 30.2 Å². The van der Waals surface area contributed by atoms with Gasteiger partial charge in [-0.25, -0.2) is 4.99 Å². The van der Waals surface area contributed by atoms with Gasteiger partial charge in [0.1, 0.15) is 11.5 Å². The number of amides is 1. The maximum atomic E-state index is 12.9. The number of halogens is 2. The molecule has 1 amide bonds. The second-order valence-electron chi connectivity index (χ2n) is 5.99. The third-order valence-corrected chi connectivity index (χ3v) is 6.19. The summed E-state index contributed by atoms with van der Waals surface area (Å²) in [6.07, 6.45) is 2.64. The third-order valence-electron chi connectivity index (χ3n) is 3.97. The van der Waals surface area contributed by atoms with E-state index in [9.17, 15) is 9.90 Å². The highest BCUT2D eigenvalue weighted by atomic mass is 79.9. The molecule has 1 saturated heterocycles. The lowest BCUT2D eigenvalue weighted by Gasteiger charge is -2.14. The molecule has 1 aliphatic rings. The first-order valence-electron chi connectivity index (χ1n) is 8.55. The van der Waals surface area contributed by atoms with Crippen LogP contribution in [-0.4, -0.2) is 34.7 Å². The van der Waals surface area contributed by atoms with Crippen LogP contribution in [0.5, 0.6) is 11.5 Å². The number of benzene rings is 2. The Morgan fingerprint density at radius 2 is 1.86 bits per heavy atom. The van der Waals surface area contributed by atoms with Crippen molar-refractivity contribution in [2.24, 2.45) is 4.99 Å². The van der Waals surface area contributed by atoms with Crippen LogP contribution < -0.4 is 4.74 Å². The van der Waals surface area contributed by atoms with Crippen molar-refractivity contribution >= 4 is 66.5 Å². The Morgan fingerprint density at radius 3 is 2.43 bits per heavy atom. The van der Waals surface area contributed by atoms with Crippen LogP contribution in [0, 0.1) is 0 Å². The maximum Gasteiger partial charge on any atom is 0.266 e. The van der Waals surface area contributed by atoms with Crippen LogP contribution in [-0.2, 0) is 4.79 Å². The van der Waals surface area contributed by atoms with Gasteiger partial charge in [-0.3, -0.25) is 9.69 Å². The van der Waals surface area contributed by atoms with Crippen LogP contribution in [0.4, 0.5) is 5.69 Å². The van der Waals surface area contributed by atoms with Gasteiger partial charge < -0.3 is 9.84 Å². The minimum absolute atomic E-state index is 0.0700. The van der Waals surface area contributed by atoms with Gasteiger partial charge in [-0.2, -0.15) is 0 Å². The molecule has 0 aromatic heterocycles. The first-order chi connectivity index (χ1) is 13.4. The monoisotopic (exact) mass is 524 g/mol. The standard InChI is InChI=1S/C20H18Br2N2O3S/c1-3-8-24-19(26)17(11-12-9-15(21)18(25)16(22)10-12)28-20(24)23-13-4-6-14(27-2)7-5-13/h4-7,9-11,25H,3,8H2,1-2H3. The van der Waals surface area contributed by atoms with Gasteiger partial charge in [-0.05, 0) is 98.1 Å². The largest absolute Gasteiger partial charge is 0.506 e. The average Bonchev–Trinajstić information content (AvgIpc) is 2.96. The summed E-state index contributed by atoms with van der Waals surface area (Å²) in [7, 11) is 1.62. The topological polar surface area (TPSA) is 62.1 Å². The minimum atomic E-state index is -0.0700. The lowest BCUT2D eigenvalue weighted by molar-refractivity contribution is -0.122. The van der Waals surface area contributed by atoms with Crippen LogP contribution >= 0.6 is 43.6 Å². The summed E-state index contributed by atoms with van der Waals surface area (Å²) < 4.78 is 6.29. The Labute approximate surface area is 184 Å². The van der Waals surface area contributed by atoms with Gasteiger partial charge in [0.25, 0.3) is 5.91 Å². The number of nitrogens with zero attached hydrogens (tertiary/aromatic N) is 2. The fraction of sp³-hybridized carbons (Fsp3) is 0.200. The Balaban J connectivity index is 1.94. The zero-order valence-corrected chi connectivity index (χ0v) is 19.3. The lowest BCUT2D eigenvalue weighted by Crippen LogP contribution is -2.29. The van der Waals surface area contributed by atoms with Crippen molar-refractivity contribution in [1.82, 2.24) is 4.90 Å². The molecule has 28 heavy (non-hydrogen) atoms. The molecule has 3 rings (SSSR count). The summed E-state index contributed by atoms with van der Waals surface area (Å²) in [5.41, 5.74) is 1.56. The number of ether oxygens (including phenoxy) is 1. The zero-order chi connectivity index (χ0) is 20.3. The fourth-order valence-corrected chi connectivity index (χ4v) is 4.85. The van der Waals surface area contributed by atoms with E-state index in [2.05, 4.69) is 36.9 Å². The number of carbonyl (C=O) groups is 1. The van der Waals surface area contributed by atoms with E-state index in [0.717, 1.165) is 23.4 Å². The number of phenolic OH excluding ortho intramolecular Hbond substituents is 1. The van der Waals surface area contributed by atoms with Gasteiger partial charge in [0.05, 0.1) is 26.6 Å². The number of hydrogen-bond donors (Lipinski definition) is 1. The number of hydrogen-bond acceptors (Lipinski definition) is 5. The van der Waals surface area contributed by atoms with Crippen molar-refractivity contribution in [3.05, 3.63) is 55.8 Å². The second-order valence-corrected chi connectivity index (χ2v) is 8.71. The van der Waals surface area contributed by atoms with E-state index in [1.165, 1.54) is 11.8 Å². The number of carbonyl (C=O) groups excluding carboxylic acids is 1. The maximum absolute atomic E-state index is 12.9. The first kappa shape index (κ1) is 21.0. The van der Waals surface area contributed by atoms with Gasteiger partial charge in [0.15, 0.2) is 5.17 Å². The SMILES string of the molecule is CCCN1C(=O)C(=Cc2cc(Br)c(O)c(Br)c2)SC1=Nc1ccc(OC)cc1. The van der Waals surface area contributed by atoms with Gasteiger partial charge in [0, 0.05) is 6.54 Å². The second kappa shape index (κ2) is 9.15. The number of thioether (sulfide) groups is 1. The minimum Gasteiger partial charge on any atom is -0.506 e. The highest BCUT2D eigenvalue weighted by Gasteiger charge is 2.32. The Morgan fingerprint density at radius 1 is 1.21 bits per heavy atom. The van der Waals surface area contributed by atoms with Crippen molar-refractivity contribution in [2.45, 2.75) is 13.3 Å². The van der Waals surface area contributed by atoms with Crippen molar-refractivity contribution in [3.63, 3.8) is 0 Å². The molecule has 1 aliphatic heterocycles. The van der Waals surface area contributed by atoms with Gasteiger partial charge in [-0.15, -0.1) is 0 Å². The third kappa shape index (κ3) is 4.61. The van der Waals surface area contributed by atoms with Gasteiger partial charge in [0.2, 0.25) is 0 Å². The summed E-state index contributed by atoms with van der Waals surface area (Å²) in [5, 5.41) is 10.5. The molecule has 2 aromatic carbocycles. The molecule has 146 valence electrons. The van der Waals surface area contributed by atoms with Gasteiger partial charge in [-0.1, -0.05) is 6.92 Å². The molecule has 0 radical (unpaired) electrons. The zero-order valence-electron chi connectivity index (χ0n) is 15.3. The van der Waals surface area contributed by atoms with E-state index in [1.807, 2.05) is 31.2 Å². The van der Waals surface area contributed by atoms with Crippen LogP contribution in [0.25, 0.3) is 6.08 Å². The highest BCUT2D eigenvalue weighted by Crippen LogP contribution is 2.37. The Hall–Kier alpha value is -1.77. The number of rotatable bonds is 5. The molecule has 0 bridgehead atoms. The number of aliphatic imine (C=N–C) groups is 1. The number of methoxy groups -OCH3 is 1. The normalized spacial score (nSPS) is 17.0. The first-order valence-corrected chi connectivity index (χ1v) is 10.9. The van der Waals surface area contributed by atoms with E-state index >= 15 is 0 Å². The van der Waals surface area contributed by atoms with E-state index in [-0.39, 0.29) is 11.7 Å². The molecule has 8 heteroatoms. The molecule has 0 spiro atoms. The van der Waals surface area contributed by atoms with E-state index in [4.69, 9.17) is 4.74 Å². The van der Waals surface area contributed by atoms with Crippen molar-refractivity contribution in [3.8, 4) is 11.5 Å². The van der Waals surface area contributed by atoms with Crippen LogP contribution in [0.3, 0.4) is 0 Å². The van der Waals surface area contributed by atoms with Crippen LogP contribution in [0.1, 0.15) is 18.9 Å². The highest BCUT2D eigenvalue weighted by molar-refractivity contribution is 9.11. The van der Waals surface area contributed by atoms with Crippen molar-refractivity contribution in [1.29, 1.82) is 0 Å². The molecule has 0 aliphatic carbocycles. The Kier molecular flexibility index (Phi) is 6.85. The number of amidine groups is 1. The van der Waals surface area contributed by atoms with E-state index < -0.39 is 0 Å². The molecule has 1 N–H and O–H groups in total. The molecular formula is C20H18Br2N2O3S. The quantitative estimate of drug-likeness (QED) is 0.490. The average molecular weight is 526 g/mol. The fourth-order valence-electron chi connectivity index (χ4n) is 2.60. The Bertz CT molecular complexity index is 935. The molecule has 5 nitrogen and oxygen atoms in total. The lowest BCUT2D eigenvalue weighted by atomic mass is 10.2. The molecule has 0 atom stereocenters. The van der Waals surface area contributed by atoms with Gasteiger partial charge >= 0.3 is 0 Å². The summed E-state index contributed by atoms with van der Waals surface area (Å²) in [4.78, 5) is 19.8. The molecule has 1 heterocycles. The molecular weight excluding hydrogens is 508 g/mol. The van der Waals surface area contributed by atoms with Crippen LogP contribution in [0.2, 0.25) is 0 Å². The molecule has 0 unspecified atom stereocenters. The summed E-state index contributed by atoms with van der Waals surface area (Å²) in [6, 6.07) is 10.9. The number of phenols is 1. The summed E-state index contributed by atoms with van der Waals surface area (Å²) in [5.74, 6) is 0.815. The summed E-state index contributed by atoms with van der Waals surface area (Å²) >= 11 is 7.99. The predicted octanol–water partition coefficient (Wildman–Crippen LogP) is 5.94. The predicted molar refractivity (Wildman–Crippen MR) is 121 cm³/mol. The smallest absolute Gasteiger partial charge is 0.266 e. The molecule has 0 saturated carbocycles. The summed E-state index contributed by atoms with van der Waals surface area (Å²) in [6.45, 7) is 2.62.